The summed E-state index contributed by atoms with van der Waals surface area (Å²) in [6, 6.07) is 1.96. The van der Waals surface area contributed by atoms with Gasteiger partial charge in [-0.2, -0.15) is 4.98 Å². The van der Waals surface area contributed by atoms with Crippen LogP contribution in [0.25, 0.3) is 0 Å². The first-order valence-corrected chi connectivity index (χ1v) is 5.45. The second-order valence-electron chi connectivity index (χ2n) is 4.02. The van der Waals surface area contributed by atoms with Crippen molar-refractivity contribution in [1.29, 1.82) is 0 Å². The molecule has 0 aliphatic rings. The van der Waals surface area contributed by atoms with E-state index in [2.05, 4.69) is 34.4 Å². The highest BCUT2D eigenvalue weighted by molar-refractivity contribution is 5.42. The van der Waals surface area contributed by atoms with Gasteiger partial charge in [0.15, 0.2) is 0 Å². The highest BCUT2D eigenvalue weighted by Crippen LogP contribution is 2.09. The minimum absolute atomic E-state index is 0.614. The molecule has 0 radical (unpaired) electrons. The fraction of sp³-hybridized carbons (Fsp3) is 0.636. The lowest BCUT2D eigenvalue weighted by atomic mass is 10.2. The second kappa shape index (κ2) is 5.53. The van der Waals surface area contributed by atoms with Crippen molar-refractivity contribution in [1.82, 2.24) is 9.97 Å². The zero-order chi connectivity index (χ0) is 11.3. The normalized spacial score (nSPS) is 10.5. The highest BCUT2D eigenvalue weighted by atomic mass is 15.1. The Labute approximate surface area is 91.5 Å². The third kappa shape index (κ3) is 4.14. The van der Waals surface area contributed by atoms with Crippen molar-refractivity contribution in [3.63, 3.8) is 0 Å². The number of hydrogen-bond donors (Lipinski definition) is 2. The molecule has 0 atom stereocenters. The zero-order valence-corrected chi connectivity index (χ0v) is 9.96. The minimum atomic E-state index is 0.614. The Balaban J connectivity index is 2.70. The Kier molecular flexibility index (Phi) is 4.34. The molecule has 0 unspecified atom stereocenters. The number of aryl methyl sites for hydroxylation is 1. The first-order chi connectivity index (χ1) is 7.11. The van der Waals surface area contributed by atoms with Gasteiger partial charge in [0, 0.05) is 24.8 Å². The maximum absolute atomic E-state index is 4.36. The van der Waals surface area contributed by atoms with Crippen LogP contribution in [0.3, 0.4) is 0 Å². The first kappa shape index (κ1) is 11.8. The summed E-state index contributed by atoms with van der Waals surface area (Å²) in [6.45, 7) is 10.1. The van der Waals surface area contributed by atoms with Gasteiger partial charge in [0.1, 0.15) is 5.82 Å². The molecule has 2 N–H and O–H groups in total. The average molecular weight is 208 g/mol. The van der Waals surface area contributed by atoms with Gasteiger partial charge in [-0.15, -0.1) is 0 Å². The molecular formula is C11H20N4. The van der Waals surface area contributed by atoms with Crippen LogP contribution >= 0.6 is 0 Å². The average Bonchev–Trinajstić information content (AvgIpc) is 2.14. The molecule has 0 saturated heterocycles. The summed E-state index contributed by atoms with van der Waals surface area (Å²) in [5.74, 6) is 2.21. The van der Waals surface area contributed by atoms with Gasteiger partial charge < -0.3 is 10.6 Å². The van der Waals surface area contributed by atoms with Gasteiger partial charge in [0.25, 0.3) is 0 Å². The Hall–Kier alpha value is -1.32. The van der Waals surface area contributed by atoms with Crippen LogP contribution in [-0.2, 0) is 0 Å². The number of rotatable bonds is 5. The first-order valence-electron chi connectivity index (χ1n) is 5.45. The molecular weight excluding hydrogens is 188 g/mol. The van der Waals surface area contributed by atoms with E-state index in [0.29, 0.717) is 11.9 Å². The summed E-state index contributed by atoms with van der Waals surface area (Å²) in [7, 11) is 0. The largest absolute Gasteiger partial charge is 0.370 e. The zero-order valence-electron chi connectivity index (χ0n) is 9.96. The predicted octanol–water partition coefficient (Wildman–Crippen LogP) is 2.28. The summed E-state index contributed by atoms with van der Waals surface area (Å²) in [5, 5.41) is 6.41. The van der Waals surface area contributed by atoms with Crippen LogP contribution in [0.4, 0.5) is 11.8 Å². The van der Waals surface area contributed by atoms with Gasteiger partial charge >= 0.3 is 0 Å². The predicted molar refractivity (Wildman–Crippen MR) is 64.3 cm³/mol. The fourth-order valence-electron chi connectivity index (χ4n) is 1.20. The van der Waals surface area contributed by atoms with E-state index in [9.17, 15) is 0 Å². The molecule has 0 aliphatic carbocycles. The minimum Gasteiger partial charge on any atom is -0.370 e. The molecule has 0 spiro atoms. The molecule has 84 valence electrons. The van der Waals surface area contributed by atoms with Gasteiger partial charge in [-0.1, -0.05) is 13.8 Å². The van der Waals surface area contributed by atoms with Crippen molar-refractivity contribution >= 4 is 11.8 Å². The lowest BCUT2D eigenvalue weighted by Crippen LogP contribution is -2.11. The maximum Gasteiger partial charge on any atom is 0.224 e. The monoisotopic (exact) mass is 208 g/mol. The van der Waals surface area contributed by atoms with E-state index >= 15 is 0 Å². The van der Waals surface area contributed by atoms with Crippen molar-refractivity contribution in [2.75, 3.05) is 23.7 Å². The van der Waals surface area contributed by atoms with E-state index < -0.39 is 0 Å². The van der Waals surface area contributed by atoms with E-state index in [4.69, 9.17) is 0 Å². The lowest BCUT2D eigenvalue weighted by molar-refractivity contribution is 0.686. The molecule has 0 bridgehead atoms. The standard InChI is InChI=1S/C11H20N4/c1-5-12-11-14-9(4)6-10(15-11)13-7-8(2)3/h6,8H,5,7H2,1-4H3,(H2,12,13,14,15). The molecule has 1 aromatic rings. The molecule has 0 saturated carbocycles. The Morgan fingerprint density at radius 1 is 1.27 bits per heavy atom. The number of hydrogen-bond acceptors (Lipinski definition) is 4. The smallest absolute Gasteiger partial charge is 0.224 e. The highest BCUT2D eigenvalue weighted by Gasteiger charge is 2.01. The van der Waals surface area contributed by atoms with Gasteiger partial charge in [-0.25, -0.2) is 4.98 Å². The van der Waals surface area contributed by atoms with Crippen LogP contribution in [0, 0.1) is 12.8 Å². The van der Waals surface area contributed by atoms with Crippen molar-refractivity contribution < 1.29 is 0 Å². The molecule has 4 heteroatoms. The molecule has 0 aliphatic heterocycles. The van der Waals surface area contributed by atoms with Crippen molar-refractivity contribution in [2.24, 2.45) is 5.92 Å². The fourth-order valence-corrected chi connectivity index (χ4v) is 1.20. The summed E-state index contributed by atoms with van der Waals surface area (Å²) < 4.78 is 0. The third-order valence-corrected chi connectivity index (χ3v) is 1.88. The van der Waals surface area contributed by atoms with Crippen LogP contribution in [0.2, 0.25) is 0 Å². The van der Waals surface area contributed by atoms with Crippen LogP contribution in [-0.4, -0.2) is 23.1 Å². The van der Waals surface area contributed by atoms with Crippen LogP contribution < -0.4 is 10.6 Å². The number of nitrogens with zero attached hydrogens (tertiary/aromatic N) is 2. The number of nitrogens with one attached hydrogen (secondary N) is 2. The summed E-state index contributed by atoms with van der Waals surface area (Å²) in [5.41, 5.74) is 0.979. The maximum atomic E-state index is 4.36. The van der Waals surface area contributed by atoms with E-state index in [0.717, 1.165) is 24.6 Å². The topological polar surface area (TPSA) is 49.8 Å². The summed E-state index contributed by atoms with van der Waals surface area (Å²) >= 11 is 0. The van der Waals surface area contributed by atoms with Crippen LogP contribution in [0.15, 0.2) is 6.07 Å². The van der Waals surface area contributed by atoms with E-state index in [-0.39, 0.29) is 0 Å². The molecule has 1 aromatic heterocycles. The second-order valence-corrected chi connectivity index (χ2v) is 4.02. The number of aromatic nitrogens is 2. The van der Waals surface area contributed by atoms with Crippen molar-refractivity contribution in [3.8, 4) is 0 Å². The molecule has 1 heterocycles. The molecule has 15 heavy (non-hydrogen) atoms. The van der Waals surface area contributed by atoms with E-state index in [1.165, 1.54) is 0 Å². The SMILES string of the molecule is CCNc1nc(C)cc(NCC(C)C)n1. The molecule has 4 nitrogen and oxygen atoms in total. The van der Waals surface area contributed by atoms with Gasteiger partial charge in [-0.3, -0.25) is 0 Å². The Bertz CT molecular complexity index is 309. The lowest BCUT2D eigenvalue weighted by Gasteiger charge is -2.10. The van der Waals surface area contributed by atoms with E-state index in [1.54, 1.807) is 0 Å². The van der Waals surface area contributed by atoms with E-state index in [1.807, 2.05) is 19.9 Å². The molecule has 0 fully saturated rings. The van der Waals surface area contributed by atoms with Gasteiger partial charge in [-0.05, 0) is 19.8 Å². The van der Waals surface area contributed by atoms with Crippen molar-refractivity contribution in [3.05, 3.63) is 11.8 Å². The summed E-state index contributed by atoms with van der Waals surface area (Å²) in [4.78, 5) is 8.65. The van der Waals surface area contributed by atoms with Gasteiger partial charge in [0.05, 0.1) is 0 Å². The van der Waals surface area contributed by atoms with Crippen LogP contribution in [0.1, 0.15) is 26.5 Å². The molecule has 1 rings (SSSR count). The van der Waals surface area contributed by atoms with Gasteiger partial charge in [0.2, 0.25) is 5.95 Å². The Morgan fingerprint density at radius 3 is 2.60 bits per heavy atom. The Morgan fingerprint density at radius 2 is 2.00 bits per heavy atom. The summed E-state index contributed by atoms with van der Waals surface area (Å²) in [6.07, 6.45) is 0. The molecule has 0 amide bonds. The number of anilines is 2. The molecule has 0 aromatic carbocycles. The quantitative estimate of drug-likeness (QED) is 0.779. The van der Waals surface area contributed by atoms with Crippen LogP contribution in [0.5, 0.6) is 0 Å². The van der Waals surface area contributed by atoms with Crippen molar-refractivity contribution in [2.45, 2.75) is 27.7 Å². The third-order valence-electron chi connectivity index (χ3n) is 1.88.